The fourth-order valence-electron chi connectivity index (χ4n) is 3.55. The van der Waals surface area contributed by atoms with E-state index in [9.17, 15) is 0 Å². The van der Waals surface area contributed by atoms with Crippen molar-refractivity contribution in [3.05, 3.63) is 18.0 Å². The Morgan fingerprint density at radius 2 is 2.10 bits per heavy atom. The molecule has 0 spiro atoms. The highest BCUT2D eigenvalue weighted by molar-refractivity contribution is 9.09. The molecule has 0 aromatic carbocycles. The van der Waals surface area contributed by atoms with Gasteiger partial charge >= 0.3 is 0 Å². The standard InChI is InChI=1S/C17H29BrN2/c1-12(2)20-9-8-14(19-20)11-17(4,5)15-7-6-13(3)10-16(15)18/h8-9,12-13,15-16H,6-7,10-11H2,1-5H3. The predicted octanol–water partition coefficient (Wildman–Crippen LogP) is 5.23. The van der Waals surface area contributed by atoms with Crippen molar-refractivity contribution in [2.45, 2.75) is 71.2 Å². The van der Waals surface area contributed by atoms with Gasteiger partial charge in [-0.25, -0.2) is 0 Å². The molecule has 20 heavy (non-hydrogen) atoms. The molecule has 0 amide bonds. The second-order valence-electron chi connectivity index (χ2n) is 7.59. The van der Waals surface area contributed by atoms with Crippen molar-refractivity contribution in [1.29, 1.82) is 0 Å². The van der Waals surface area contributed by atoms with E-state index in [2.05, 4.69) is 67.5 Å². The van der Waals surface area contributed by atoms with Crippen LogP contribution in [0.3, 0.4) is 0 Å². The fraction of sp³-hybridized carbons (Fsp3) is 0.824. The minimum Gasteiger partial charge on any atom is -0.270 e. The maximum atomic E-state index is 4.73. The fourth-order valence-corrected chi connectivity index (χ4v) is 5.17. The molecular weight excluding hydrogens is 312 g/mol. The zero-order valence-electron chi connectivity index (χ0n) is 13.6. The Kier molecular flexibility index (Phi) is 4.99. The monoisotopic (exact) mass is 340 g/mol. The Bertz CT molecular complexity index is 436. The summed E-state index contributed by atoms with van der Waals surface area (Å²) in [6.45, 7) is 11.6. The maximum absolute atomic E-state index is 4.73. The Labute approximate surface area is 132 Å². The summed E-state index contributed by atoms with van der Waals surface area (Å²) >= 11 is 3.95. The van der Waals surface area contributed by atoms with Gasteiger partial charge in [-0.2, -0.15) is 5.10 Å². The van der Waals surface area contributed by atoms with Crippen LogP contribution in [0, 0.1) is 17.3 Å². The van der Waals surface area contributed by atoms with Crippen LogP contribution in [0.15, 0.2) is 12.3 Å². The molecule has 0 radical (unpaired) electrons. The minimum absolute atomic E-state index is 0.310. The first-order chi connectivity index (χ1) is 9.29. The van der Waals surface area contributed by atoms with Gasteiger partial charge in [0.15, 0.2) is 0 Å². The molecule has 2 nitrogen and oxygen atoms in total. The first kappa shape index (κ1) is 16.1. The van der Waals surface area contributed by atoms with Gasteiger partial charge in [0.25, 0.3) is 0 Å². The molecule has 1 fully saturated rings. The average molecular weight is 341 g/mol. The molecule has 0 bridgehead atoms. The van der Waals surface area contributed by atoms with E-state index in [4.69, 9.17) is 5.10 Å². The van der Waals surface area contributed by atoms with E-state index in [0.29, 0.717) is 16.3 Å². The molecule has 2 rings (SSSR count). The number of alkyl halides is 1. The van der Waals surface area contributed by atoms with Gasteiger partial charge in [0, 0.05) is 17.1 Å². The molecule has 1 aliphatic carbocycles. The summed E-state index contributed by atoms with van der Waals surface area (Å²) in [6, 6.07) is 2.64. The Balaban J connectivity index is 2.05. The molecule has 3 unspecified atom stereocenters. The number of rotatable bonds is 4. The third-order valence-electron chi connectivity index (χ3n) is 4.87. The Morgan fingerprint density at radius 1 is 1.40 bits per heavy atom. The number of nitrogens with zero attached hydrogens (tertiary/aromatic N) is 2. The molecule has 1 aliphatic rings. The van der Waals surface area contributed by atoms with Crippen LogP contribution in [-0.4, -0.2) is 14.6 Å². The first-order valence-corrected chi connectivity index (χ1v) is 8.89. The van der Waals surface area contributed by atoms with Crippen LogP contribution in [-0.2, 0) is 6.42 Å². The molecule has 114 valence electrons. The third-order valence-corrected chi connectivity index (χ3v) is 5.88. The zero-order chi connectivity index (χ0) is 14.9. The van der Waals surface area contributed by atoms with Gasteiger partial charge in [-0.1, -0.05) is 43.1 Å². The van der Waals surface area contributed by atoms with Crippen LogP contribution >= 0.6 is 15.9 Å². The average Bonchev–Trinajstić information content (AvgIpc) is 2.76. The second-order valence-corrected chi connectivity index (χ2v) is 8.76. The van der Waals surface area contributed by atoms with Crippen LogP contribution < -0.4 is 0 Å². The number of aromatic nitrogens is 2. The van der Waals surface area contributed by atoms with E-state index < -0.39 is 0 Å². The quantitative estimate of drug-likeness (QED) is 0.686. The van der Waals surface area contributed by atoms with E-state index in [0.717, 1.165) is 18.3 Å². The second kappa shape index (κ2) is 6.21. The van der Waals surface area contributed by atoms with Gasteiger partial charge in [0.1, 0.15) is 0 Å². The summed E-state index contributed by atoms with van der Waals surface area (Å²) in [5, 5.41) is 4.73. The van der Waals surface area contributed by atoms with Crippen LogP contribution in [0.5, 0.6) is 0 Å². The van der Waals surface area contributed by atoms with Gasteiger partial charge in [-0.15, -0.1) is 0 Å². The lowest BCUT2D eigenvalue weighted by molar-refractivity contribution is 0.145. The molecule has 0 N–H and O–H groups in total. The lowest BCUT2D eigenvalue weighted by atomic mass is 9.67. The minimum atomic E-state index is 0.310. The van der Waals surface area contributed by atoms with Crippen LogP contribution in [0.1, 0.15) is 65.6 Å². The lowest BCUT2D eigenvalue weighted by Crippen LogP contribution is -2.37. The Morgan fingerprint density at radius 3 is 2.65 bits per heavy atom. The van der Waals surface area contributed by atoms with E-state index >= 15 is 0 Å². The summed E-state index contributed by atoms with van der Waals surface area (Å²) in [7, 11) is 0. The van der Waals surface area contributed by atoms with Crippen LogP contribution in [0.2, 0.25) is 0 Å². The van der Waals surface area contributed by atoms with Gasteiger partial charge in [-0.05, 0) is 56.4 Å². The van der Waals surface area contributed by atoms with Gasteiger partial charge in [0.05, 0.1) is 5.69 Å². The summed E-state index contributed by atoms with van der Waals surface area (Å²) in [6.07, 6.45) is 7.22. The highest BCUT2D eigenvalue weighted by Gasteiger charge is 2.38. The number of halogens is 1. The van der Waals surface area contributed by atoms with Crippen LogP contribution in [0.25, 0.3) is 0 Å². The number of hydrogen-bond donors (Lipinski definition) is 0. The summed E-state index contributed by atoms with van der Waals surface area (Å²) in [5.41, 5.74) is 1.55. The Hall–Kier alpha value is -0.310. The topological polar surface area (TPSA) is 17.8 Å². The molecular formula is C17H29BrN2. The molecule has 0 saturated heterocycles. The zero-order valence-corrected chi connectivity index (χ0v) is 15.2. The molecule has 3 heteroatoms. The van der Waals surface area contributed by atoms with E-state index in [1.807, 2.05) is 0 Å². The van der Waals surface area contributed by atoms with E-state index in [1.54, 1.807) is 0 Å². The lowest BCUT2D eigenvalue weighted by Gasteiger charge is -2.42. The smallest absolute Gasteiger partial charge is 0.0630 e. The number of hydrogen-bond acceptors (Lipinski definition) is 1. The molecule has 1 aromatic rings. The van der Waals surface area contributed by atoms with Crippen LogP contribution in [0.4, 0.5) is 0 Å². The van der Waals surface area contributed by atoms with Crippen molar-refractivity contribution in [2.24, 2.45) is 17.3 Å². The normalized spacial score (nSPS) is 28.1. The van der Waals surface area contributed by atoms with Crippen molar-refractivity contribution >= 4 is 15.9 Å². The first-order valence-electron chi connectivity index (χ1n) is 7.97. The molecule has 1 saturated carbocycles. The van der Waals surface area contributed by atoms with Gasteiger partial charge in [-0.3, -0.25) is 4.68 Å². The van der Waals surface area contributed by atoms with Gasteiger partial charge < -0.3 is 0 Å². The summed E-state index contributed by atoms with van der Waals surface area (Å²) in [4.78, 5) is 0.661. The van der Waals surface area contributed by atoms with Gasteiger partial charge in [0.2, 0.25) is 0 Å². The third kappa shape index (κ3) is 3.66. The summed E-state index contributed by atoms with van der Waals surface area (Å²) in [5.74, 6) is 1.62. The van der Waals surface area contributed by atoms with Crippen molar-refractivity contribution in [3.63, 3.8) is 0 Å². The summed E-state index contributed by atoms with van der Waals surface area (Å²) < 4.78 is 2.07. The van der Waals surface area contributed by atoms with E-state index in [-0.39, 0.29) is 0 Å². The van der Waals surface area contributed by atoms with Crippen molar-refractivity contribution < 1.29 is 0 Å². The molecule has 3 atom stereocenters. The highest BCUT2D eigenvalue weighted by atomic mass is 79.9. The predicted molar refractivity (Wildman–Crippen MR) is 89.3 cm³/mol. The molecule has 0 aliphatic heterocycles. The highest BCUT2D eigenvalue weighted by Crippen LogP contribution is 2.45. The maximum Gasteiger partial charge on any atom is 0.0630 e. The SMILES string of the molecule is CC1CCC(C(C)(C)Cc2ccn(C(C)C)n2)C(Br)C1. The van der Waals surface area contributed by atoms with Crippen molar-refractivity contribution in [3.8, 4) is 0 Å². The van der Waals surface area contributed by atoms with Crippen molar-refractivity contribution in [2.75, 3.05) is 0 Å². The molecule has 1 heterocycles. The molecule has 1 aromatic heterocycles. The largest absolute Gasteiger partial charge is 0.270 e. The van der Waals surface area contributed by atoms with E-state index in [1.165, 1.54) is 25.0 Å². The van der Waals surface area contributed by atoms with Crippen molar-refractivity contribution in [1.82, 2.24) is 9.78 Å².